The summed E-state index contributed by atoms with van der Waals surface area (Å²) >= 11 is 1.50. The van der Waals surface area contributed by atoms with Gasteiger partial charge < -0.3 is 15.5 Å². The van der Waals surface area contributed by atoms with Crippen LogP contribution in [0, 0.1) is 5.92 Å². The molecule has 0 bridgehead atoms. The normalized spacial score (nSPS) is 14.6. The summed E-state index contributed by atoms with van der Waals surface area (Å²) in [6, 6.07) is 1.82. The highest BCUT2D eigenvalue weighted by Crippen LogP contribution is 2.15. The predicted molar refractivity (Wildman–Crippen MR) is 67.8 cm³/mol. The lowest BCUT2D eigenvalue weighted by Gasteiger charge is -2.15. The Morgan fingerprint density at radius 2 is 2.18 bits per heavy atom. The Bertz CT molecular complexity index is 338. The molecule has 1 heterocycles. The lowest BCUT2D eigenvalue weighted by Crippen LogP contribution is -2.32. The van der Waals surface area contributed by atoms with Gasteiger partial charge in [0.2, 0.25) is 5.91 Å². The van der Waals surface area contributed by atoms with Crippen LogP contribution in [0.25, 0.3) is 0 Å². The second kappa shape index (κ2) is 6.74. The van der Waals surface area contributed by atoms with E-state index in [2.05, 4.69) is 5.32 Å². The Labute approximate surface area is 105 Å². The van der Waals surface area contributed by atoms with Gasteiger partial charge in [0.1, 0.15) is 0 Å². The van der Waals surface area contributed by atoms with E-state index in [1.807, 2.05) is 30.7 Å². The summed E-state index contributed by atoms with van der Waals surface area (Å²) in [7, 11) is 0. The summed E-state index contributed by atoms with van der Waals surface area (Å²) in [5.41, 5.74) is 0.805. The molecule has 1 amide bonds. The SMILES string of the molecule is CC(C)C(O)CC(=O)NCC(O)c1ccsc1. The number of amides is 1. The highest BCUT2D eigenvalue weighted by Gasteiger charge is 2.15. The first-order valence-corrected chi connectivity index (χ1v) is 6.60. The van der Waals surface area contributed by atoms with Crippen molar-refractivity contribution in [2.45, 2.75) is 32.5 Å². The van der Waals surface area contributed by atoms with Crippen molar-refractivity contribution in [3.05, 3.63) is 22.4 Å². The standard InChI is InChI=1S/C12H19NO3S/c1-8(2)10(14)5-12(16)13-6-11(15)9-3-4-17-7-9/h3-4,7-8,10-11,14-15H,5-6H2,1-2H3,(H,13,16). The zero-order valence-electron chi connectivity index (χ0n) is 10.1. The van der Waals surface area contributed by atoms with Crippen LogP contribution in [-0.4, -0.2) is 28.8 Å². The zero-order valence-corrected chi connectivity index (χ0v) is 10.9. The van der Waals surface area contributed by atoms with E-state index in [0.717, 1.165) is 5.56 Å². The van der Waals surface area contributed by atoms with E-state index in [-0.39, 0.29) is 24.8 Å². The Morgan fingerprint density at radius 1 is 1.47 bits per heavy atom. The van der Waals surface area contributed by atoms with Crippen molar-refractivity contribution in [2.75, 3.05) is 6.54 Å². The largest absolute Gasteiger partial charge is 0.392 e. The minimum absolute atomic E-state index is 0.0579. The highest BCUT2D eigenvalue weighted by molar-refractivity contribution is 7.07. The van der Waals surface area contributed by atoms with E-state index in [0.29, 0.717) is 0 Å². The maximum Gasteiger partial charge on any atom is 0.222 e. The van der Waals surface area contributed by atoms with Crippen molar-refractivity contribution in [3.63, 3.8) is 0 Å². The quantitative estimate of drug-likeness (QED) is 0.719. The lowest BCUT2D eigenvalue weighted by atomic mass is 10.0. The van der Waals surface area contributed by atoms with E-state index < -0.39 is 12.2 Å². The highest BCUT2D eigenvalue weighted by atomic mass is 32.1. The Morgan fingerprint density at radius 3 is 2.71 bits per heavy atom. The number of nitrogens with one attached hydrogen (secondary N) is 1. The smallest absolute Gasteiger partial charge is 0.222 e. The summed E-state index contributed by atoms with van der Waals surface area (Å²) in [6.07, 6.45) is -1.23. The van der Waals surface area contributed by atoms with Gasteiger partial charge in [-0.1, -0.05) is 13.8 Å². The van der Waals surface area contributed by atoms with Crippen LogP contribution in [0.2, 0.25) is 0 Å². The number of aliphatic hydroxyl groups is 2. The number of hydrogen-bond donors (Lipinski definition) is 3. The van der Waals surface area contributed by atoms with E-state index in [1.54, 1.807) is 0 Å². The molecule has 2 unspecified atom stereocenters. The van der Waals surface area contributed by atoms with Gasteiger partial charge in [-0.3, -0.25) is 4.79 Å². The van der Waals surface area contributed by atoms with E-state index in [1.165, 1.54) is 11.3 Å². The first-order valence-electron chi connectivity index (χ1n) is 5.65. The maximum absolute atomic E-state index is 11.5. The van der Waals surface area contributed by atoms with E-state index >= 15 is 0 Å². The third kappa shape index (κ3) is 4.85. The molecule has 1 aromatic heterocycles. The molecule has 5 heteroatoms. The summed E-state index contributed by atoms with van der Waals surface area (Å²) in [6.45, 7) is 3.90. The van der Waals surface area contributed by atoms with Gasteiger partial charge in [0.15, 0.2) is 0 Å². The average Bonchev–Trinajstić information content (AvgIpc) is 2.79. The third-order valence-corrected chi connectivity index (χ3v) is 3.29. The third-order valence-electron chi connectivity index (χ3n) is 2.58. The number of aliphatic hydroxyl groups excluding tert-OH is 2. The second-order valence-corrected chi connectivity index (χ2v) is 5.17. The molecular weight excluding hydrogens is 238 g/mol. The van der Waals surface area contributed by atoms with Gasteiger partial charge in [-0.15, -0.1) is 0 Å². The monoisotopic (exact) mass is 257 g/mol. The predicted octanol–water partition coefficient (Wildman–Crippen LogP) is 1.30. The topological polar surface area (TPSA) is 69.6 Å². The molecule has 0 aliphatic carbocycles. The summed E-state index contributed by atoms with van der Waals surface area (Å²) in [5.74, 6) is -0.178. The Kier molecular flexibility index (Phi) is 5.61. The van der Waals surface area contributed by atoms with Gasteiger partial charge in [-0.25, -0.2) is 0 Å². The van der Waals surface area contributed by atoms with E-state index in [9.17, 15) is 15.0 Å². The van der Waals surface area contributed by atoms with Crippen molar-refractivity contribution >= 4 is 17.2 Å². The van der Waals surface area contributed by atoms with Crippen molar-refractivity contribution in [3.8, 4) is 0 Å². The number of carbonyl (C=O) groups excluding carboxylic acids is 1. The van der Waals surface area contributed by atoms with Crippen LogP contribution in [0.15, 0.2) is 16.8 Å². The van der Waals surface area contributed by atoms with Gasteiger partial charge in [-0.05, 0) is 28.3 Å². The van der Waals surface area contributed by atoms with Gasteiger partial charge in [0.25, 0.3) is 0 Å². The molecule has 0 aliphatic heterocycles. The van der Waals surface area contributed by atoms with Crippen molar-refractivity contribution < 1.29 is 15.0 Å². The van der Waals surface area contributed by atoms with Crippen LogP contribution in [-0.2, 0) is 4.79 Å². The molecule has 0 radical (unpaired) electrons. The van der Waals surface area contributed by atoms with Gasteiger partial charge in [0.05, 0.1) is 18.6 Å². The zero-order chi connectivity index (χ0) is 12.8. The summed E-state index contributed by atoms with van der Waals surface area (Å²) in [5, 5.41) is 25.6. The van der Waals surface area contributed by atoms with Crippen LogP contribution in [0.4, 0.5) is 0 Å². The van der Waals surface area contributed by atoms with Gasteiger partial charge >= 0.3 is 0 Å². The minimum Gasteiger partial charge on any atom is -0.392 e. The average molecular weight is 257 g/mol. The van der Waals surface area contributed by atoms with Gasteiger partial charge in [0, 0.05) is 6.54 Å². The van der Waals surface area contributed by atoms with Crippen LogP contribution in [0.3, 0.4) is 0 Å². The van der Waals surface area contributed by atoms with Crippen LogP contribution in [0.5, 0.6) is 0 Å². The number of carbonyl (C=O) groups is 1. The minimum atomic E-state index is -0.679. The molecule has 0 aliphatic rings. The fraction of sp³-hybridized carbons (Fsp3) is 0.583. The number of rotatable bonds is 6. The van der Waals surface area contributed by atoms with Crippen molar-refractivity contribution in [1.82, 2.24) is 5.32 Å². The fourth-order valence-electron chi connectivity index (χ4n) is 1.29. The maximum atomic E-state index is 11.5. The Hall–Kier alpha value is -0.910. The van der Waals surface area contributed by atoms with Crippen molar-refractivity contribution in [2.24, 2.45) is 5.92 Å². The van der Waals surface area contributed by atoms with Crippen molar-refractivity contribution in [1.29, 1.82) is 0 Å². The molecule has 0 saturated carbocycles. The summed E-state index contributed by atoms with van der Waals surface area (Å²) in [4.78, 5) is 11.5. The van der Waals surface area contributed by atoms with Crippen LogP contribution in [0.1, 0.15) is 31.9 Å². The molecule has 1 aromatic rings. The molecule has 0 spiro atoms. The van der Waals surface area contributed by atoms with E-state index in [4.69, 9.17) is 0 Å². The lowest BCUT2D eigenvalue weighted by molar-refractivity contribution is -0.124. The molecule has 17 heavy (non-hydrogen) atoms. The first-order chi connectivity index (χ1) is 8.00. The molecule has 0 saturated heterocycles. The number of hydrogen-bond acceptors (Lipinski definition) is 4. The fourth-order valence-corrected chi connectivity index (χ4v) is 2.00. The molecular formula is C12H19NO3S. The second-order valence-electron chi connectivity index (χ2n) is 4.39. The Balaban J connectivity index is 2.29. The first kappa shape index (κ1) is 14.2. The summed E-state index contributed by atoms with van der Waals surface area (Å²) < 4.78 is 0. The molecule has 0 fully saturated rings. The molecule has 3 N–H and O–H groups in total. The molecule has 4 nitrogen and oxygen atoms in total. The molecule has 0 aromatic carbocycles. The number of thiophene rings is 1. The van der Waals surface area contributed by atoms with Gasteiger partial charge in [-0.2, -0.15) is 11.3 Å². The molecule has 1 rings (SSSR count). The van der Waals surface area contributed by atoms with Crippen LogP contribution < -0.4 is 5.32 Å². The molecule has 96 valence electrons. The molecule has 2 atom stereocenters. The van der Waals surface area contributed by atoms with Crippen LogP contribution >= 0.6 is 11.3 Å².